The summed E-state index contributed by atoms with van der Waals surface area (Å²) in [4.78, 5) is 11.9. The molecule has 2 N–H and O–H groups in total. The number of rotatable bonds is 4. The first-order valence-corrected chi connectivity index (χ1v) is 6.98. The molecule has 0 spiro atoms. The van der Waals surface area contributed by atoms with E-state index in [4.69, 9.17) is 0 Å². The van der Waals surface area contributed by atoms with Gasteiger partial charge in [0, 0.05) is 17.4 Å². The molecule has 1 amide bonds. The van der Waals surface area contributed by atoms with Crippen LogP contribution in [0.15, 0.2) is 34.3 Å². The van der Waals surface area contributed by atoms with Gasteiger partial charge in [0.15, 0.2) is 0 Å². The summed E-state index contributed by atoms with van der Waals surface area (Å²) in [5.74, 6) is -0.143. The molecule has 2 aromatic heterocycles. The summed E-state index contributed by atoms with van der Waals surface area (Å²) in [5, 5.41) is 19.2. The Hall–Kier alpha value is -1.17. The van der Waals surface area contributed by atoms with Gasteiger partial charge >= 0.3 is 0 Å². The lowest BCUT2D eigenvalue weighted by Gasteiger charge is -2.26. The zero-order valence-electron chi connectivity index (χ0n) is 9.34. The topological polar surface area (TPSA) is 49.3 Å². The number of hydrogen-bond donors (Lipinski definition) is 2. The van der Waals surface area contributed by atoms with Crippen molar-refractivity contribution in [3.63, 3.8) is 0 Å². The second-order valence-electron chi connectivity index (χ2n) is 3.76. The summed E-state index contributed by atoms with van der Waals surface area (Å²) in [6.45, 7) is 1.64. The lowest BCUT2D eigenvalue weighted by atomic mass is 9.94. The highest BCUT2D eigenvalue weighted by Crippen LogP contribution is 2.33. The molecular formula is C12H13NO2S2. The molecule has 2 rings (SSSR count). The standard InChI is InChI=1S/C12H13NO2S2/c1-9(14)13-8-12(15,10-4-6-16-7-10)11-3-2-5-17-11/h2-7,15H,8H2,1H3,(H,13,14)/t12-/m0/s1. The highest BCUT2D eigenvalue weighted by Gasteiger charge is 2.33. The molecule has 0 aliphatic heterocycles. The smallest absolute Gasteiger partial charge is 0.216 e. The van der Waals surface area contributed by atoms with Crippen LogP contribution in [0, 0.1) is 0 Å². The van der Waals surface area contributed by atoms with Crippen molar-refractivity contribution in [3.8, 4) is 0 Å². The van der Waals surface area contributed by atoms with Crippen molar-refractivity contribution in [2.45, 2.75) is 12.5 Å². The molecule has 90 valence electrons. The maximum atomic E-state index is 11.0. The van der Waals surface area contributed by atoms with Crippen LogP contribution in [0.2, 0.25) is 0 Å². The predicted octanol–water partition coefficient (Wildman–Crippen LogP) is 2.18. The first-order chi connectivity index (χ1) is 8.13. The average Bonchev–Trinajstić information content (AvgIpc) is 2.97. The summed E-state index contributed by atoms with van der Waals surface area (Å²) in [6.07, 6.45) is 0. The van der Waals surface area contributed by atoms with E-state index in [1.54, 1.807) is 0 Å². The lowest BCUT2D eigenvalue weighted by molar-refractivity contribution is -0.119. The van der Waals surface area contributed by atoms with Crippen molar-refractivity contribution >= 4 is 28.6 Å². The van der Waals surface area contributed by atoms with Gasteiger partial charge in [-0.1, -0.05) is 6.07 Å². The number of hydrogen-bond acceptors (Lipinski definition) is 4. The number of thiophene rings is 2. The molecule has 2 heterocycles. The second kappa shape index (κ2) is 5.00. The SMILES string of the molecule is CC(=O)NC[C@](O)(c1ccsc1)c1cccs1. The number of carbonyl (C=O) groups excluding carboxylic acids is 1. The molecule has 0 unspecified atom stereocenters. The summed E-state index contributed by atoms with van der Waals surface area (Å²) < 4.78 is 0. The van der Waals surface area contributed by atoms with Gasteiger partial charge in [-0.3, -0.25) is 4.79 Å². The van der Waals surface area contributed by atoms with E-state index in [0.717, 1.165) is 10.4 Å². The zero-order valence-corrected chi connectivity index (χ0v) is 11.0. The highest BCUT2D eigenvalue weighted by molar-refractivity contribution is 7.10. The highest BCUT2D eigenvalue weighted by atomic mass is 32.1. The summed E-state index contributed by atoms with van der Waals surface area (Å²) in [7, 11) is 0. The Kier molecular flexibility index (Phi) is 3.61. The molecule has 1 atom stereocenters. The van der Waals surface area contributed by atoms with Gasteiger partial charge in [-0.2, -0.15) is 11.3 Å². The average molecular weight is 267 g/mol. The molecule has 17 heavy (non-hydrogen) atoms. The molecule has 2 aromatic rings. The van der Waals surface area contributed by atoms with Gasteiger partial charge in [-0.15, -0.1) is 11.3 Å². The van der Waals surface area contributed by atoms with Crippen molar-refractivity contribution in [2.75, 3.05) is 6.54 Å². The molecule has 0 aliphatic carbocycles. The fraction of sp³-hybridized carbons (Fsp3) is 0.250. The Morgan fingerprint density at radius 3 is 2.82 bits per heavy atom. The first-order valence-electron chi connectivity index (χ1n) is 5.16. The third kappa shape index (κ3) is 2.57. The van der Waals surface area contributed by atoms with E-state index < -0.39 is 5.60 Å². The van der Waals surface area contributed by atoms with Gasteiger partial charge < -0.3 is 10.4 Å². The molecule has 3 nitrogen and oxygen atoms in total. The van der Waals surface area contributed by atoms with E-state index in [2.05, 4.69) is 5.32 Å². The molecule has 0 aromatic carbocycles. The van der Waals surface area contributed by atoms with E-state index in [9.17, 15) is 9.90 Å². The third-order valence-electron chi connectivity index (χ3n) is 2.52. The Morgan fingerprint density at radius 1 is 1.47 bits per heavy atom. The molecule has 0 radical (unpaired) electrons. The number of aliphatic hydroxyl groups is 1. The summed E-state index contributed by atoms with van der Waals surface area (Å²) in [5.41, 5.74) is -0.307. The van der Waals surface area contributed by atoms with Crippen LogP contribution in [0.3, 0.4) is 0 Å². The maximum Gasteiger partial charge on any atom is 0.216 e. The van der Waals surface area contributed by atoms with Crippen LogP contribution in [0.25, 0.3) is 0 Å². The van der Waals surface area contributed by atoms with E-state index in [1.165, 1.54) is 29.6 Å². The van der Waals surface area contributed by atoms with Gasteiger partial charge in [-0.25, -0.2) is 0 Å². The second-order valence-corrected chi connectivity index (χ2v) is 5.49. The largest absolute Gasteiger partial charge is 0.378 e. The lowest BCUT2D eigenvalue weighted by Crippen LogP contribution is -2.40. The Labute approximate surface area is 108 Å². The van der Waals surface area contributed by atoms with E-state index in [-0.39, 0.29) is 12.5 Å². The normalized spacial score (nSPS) is 14.2. The van der Waals surface area contributed by atoms with Crippen molar-refractivity contribution in [2.24, 2.45) is 0 Å². The molecule has 0 bridgehead atoms. The van der Waals surface area contributed by atoms with Crippen molar-refractivity contribution < 1.29 is 9.90 Å². The third-order valence-corrected chi connectivity index (χ3v) is 4.22. The monoisotopic (exact) mass is 267 g/mol. The minimum Gasteiger partial charge on any atom is -0.378 e. The van der Waals surface area contributed by atoms with Gasteiger partial charge in [0.2, 0.25) is 5.91 Å². The fourth-order valence-corrected chi connectivity index (χ4v) is 3.17. The molecule has 5 heteroatoms. The molecule has 0 fully saturated rings. The minimum atomic E-state index is -1.13. The number of amides is 1. The predicted molar refractivity (Wildman–Crippen MR) is 70.3 cm³/mol. The van der Waals surface area contributed by atoms with Gasteiger partial charge in [0.1, 0.15) is 5.60 Å². The van der Waals surface area contributed by atoms with Crippen LogP contribution >= 0.6 is 22.7 Å². The van der Waals surface area contributed by atoms with E-state index in [1.807, 2.05) is 34.3 Å². The molecule has 0 saturated heterocycles. The van der Waals surface area contributed by atoms with Crippen LogP contribution in [0.5, 0.6) is 0 Å². The van der Waals surface area contributed by atoms with Crippen LogP contribution in [-0.4, -0.2) is 17.6 Å². The Morgan fingerprint density at radius 2 is 2.29 bits per heavy atom. The van der Waals surface area contributed by atoms with Crippen molar-refractivity contribution in [3.05, 3.63) is 44.8 Å². The van der Waals surface area contributed by atoms with Gasteiger partial charge in [-0.05, 0) is 28.3 Å². The van der Waals surface area contributed by atoms with Crippen LogP contribution in [0.1, 0.15) is 17.4 Å². The molecule has 0 aliphatic rings. The van der Waals surface area contributed by atoms with Gasteiger partial charge in [0.25, 0.3) is 0 Å². The number of carbonyl (C=O) groups is 1. The molecule has 0 saturated carbocycles. The van der Waals surface area contributed by atoms with Crippen molar-refractivity contribution in [1.29, 1.82) is 0 Å². The fourth-order valence-electron chi connectivity index (χ4n) is 1.60. The van der Waals surface area contributed by atoms with E-state index >= 15 is 0 Å². The van der Waals surface area contributed by atoms with Crippen LogP contribution in [0.4, 0.5) is 0 Å². The Bertz CT molecular complexity index is 442. The first kappa shape index (κ1) is 12.3. The van der Waals surface area contributed by atoms with Crippen LogP contribution in [-0.2, 0) is 10.4 Å². The molecular weight excluding hydrogens is 254 g/mol. The van der Waals surface area contributed by atoms with Gasteiger partial charge in [0.05, 0.1) is 6.54 Å². The minimum absolute atomic E-state index is 0.143. The van der Waals surface area contributed by atoms with Crippen molar-refractivity contribution in [1.82, 2.24) is 5.32 Å². The summed E-state index contributed by atoms with van der Waals surface area (Å²) >= 11 is 3.01. The van der Waals surface area contributed by atoms with Crippen LogP contribution < -0.4 is 5.32 Å². The van der Waals surface area contributed by atoms with E-state index in [0.29, 0.717) is 0 Å². The quantitative estimate of drug-likeness (QED) is 0.892. The Balaban J connectivity index is 2.33. The number of nitrogens with one attached hydrogen (secondary N) is 1. The maximum absolute atomic E-state index is 11.0. The summed E-state index contributed by atoms with van der Waals surface area (Å²) in [6, 6.07) is 5.65. The zero-order chi connectivity index (χ0) is 12.3.